The van der Waals surface area contributed by atoms with Crippen LogP contribution in [0.5, 0.6) is 0 Å². The van der Waals surface area contributed by atoms with Crippen molar-refractivity contribution in [2.45, 2.75) is 64.9 Å². The van der Waals surface area contributed by atoms with E-state index in [2.05, 4.69) is 12.2 Å². The van der Waals surface area contributed by atoms with Crippen molar-refractivity contribution in [2.75, 3.05) is 6.54 Å². The van der Waals surface area contributed by atoms with Crippen molar-refractivity contribution >= 4 is 17.7 Å². The standard InChI is InChI=1S/C24H31NO4/c1-3-16-4-6-20(7-5-16)22(27)15(2)29-21(26)14-25-23(28)24-11-17-8-18(12-24)10-19(9-17)13-24/h4-7,15,17-19H,3,8-14H2,1-2H3,(H,25,28). The van der Waals surface area contributed by atoms with E-state index in [0.717, 1.165) is 31.2 Å². The highest BCUT2D eigenvalue weighted by Crippen LogP contribution is 2.60. The van der Waals surface area contributed by atoms with Crippen molar-refractivity contribution in [3.63, 3.8) is 0 Å². The van der Waals surface area contributed by atoms with E-state index in [4.69, 9.17) is 4.74 Å². The molecule has 5 heteroatoms. The molecule has 1 atom stereocenters. The monoisotopic (exact) mass is 397 g/mol. The minimum absolute atomic E-state index is 0.00249. The van der Waals surface area contributed by atoms with Crippen molar-refractivity contribution in [3.05, 3.63) is 35.4 Å². The Morgan fingerprint density at radius 2 is 1.59 bits per heavy atom. The molecule has 0 spiro atoms. The number of hydrogen-bond acceptors (Lipinski definition) is 4. The average molecular weight is 398 g/mol. The fourth-order valence-electron chi connectivity index (χ4n) is 6.16. The Morgan fingerprint density at radius 1 is 1.03 bits per heavy atom. The van der Waals surface area contributed by atoms with Crippen LogP contribution in [0.25, 0.3) is 0 Å². The molecule has 5 rings (SSSR count). The van der Waals surface area contributed by atoms with Gasteiger partial charge in [0.25, 0.3) is 0 Å². The Labute approximate surface area is 172 Å². The molecule has 1 aromatic carbocycles. The summed E-state index contributed by atoms with van der Waals surface area (Å²) in [6.45, 7) is 3.46. The molecule has 0 radical (unpaired) electrons. The highest BCUT2D eigenvalue weighted by molar-refractivity contribution is 6.00. The van der Waals surface area contributed by atoms with Crippen molar-refractivity contribution in [3.8, 4) is 0 Å². The molecule has 0 heterocycles. The van der Waals surface area contributed by atoms with Gasteiger partial charge in [0.15, 0.2) is 6.10 Å². The molecular weight excluding hydrogens is 366 g/mol. The van der Waals surface area contributed by atoms with E-state index in [-0.39, 0.29) is 23.7 Å². The van der Waals surface area contributed by atoms with Gasteiger partial charge in [-0.2, -0.15) is 0 Å². The highest BCUT2D eigenvalue weighted by Gasteiger charge is 2.54. The number of esters is 1. The summed E-state index contributed by atoms with van der Waals surface area (Å²) in [7, 11) is 0. The summed E-state index contributed by atoms with van der Waals surface area (Å²) in [6, 6.07) is 7.35. The summed E-state index contributed by atoms with van der Waals surface area (Å²) < 4.78 is 5.29. The second-order valence-electron chi connectivity index (χ2n) is 9.43. The number of ether oxygens (including phenoxy) is 1. The van der Waals surface area contributed by atoms with E-state index in [1.807, 2.05) is 12.1 Å². The third-order valence-corrected chi connectivity index (χ3v) is 7.24. The third-order valence-electron chi connectivity index (χ3n) is 7.24. The van der Waals surface area contributed by atoms with Gasteiger partial charge in [0.1, 0.15) is 6.54 Å². The fourth-order valence-corrected chi connectivity index (χ4v) is 6.16. The van der Waals surface area contributed by atoms with Gasteiger partial charge in [-0.05, 0) is 75.2 Å². The van der Waals surface area contributed by atoms with E-state index in [1.165, 1.54) is 19.3 Å². The summed E-state index contributed by atoms with van der Waals surface area (Å²) in [5.74, 6) is 1.24. The number of amides is 1. The second kappa shape index (κ2) is 7.92. The molecule has 0 aromatic heterocycles. The van der Waals surface area contributed by atoms with Crippen LogP contribution in [0.1, 0.15) is 68.3 Å². The lowest BCUT2D eigenvalue weighted by molar-refractivity contribution is -0.152. The molecule has 4 aliphatic rings. The Kier molecular flexibility index (Phi) is 5.50. The normalized spacial score (nSPS) is 30.6. The first kappa shape index (κ1) is 20.1. The summed E-state index contributed by atoms with van der Waals surface area (Å²) in [4.78, 5) is 37.6. The van der Waals surface area contributed by atoms with Crippen LogP contribution < -0.4 is 5.32 Å². The molecule has 1 unspecified atom stereocenters. The fraction of sp³-hybridized carbons (Fsp3) is 0.625. The van der Waals surface area contributed by atoms with Gasteiger partial charge in [-0.1, -0.05) is 31.2 Å². The van der Waals surface area contributed by atoms with Crippen LogP contribution in [0.3, 0.4) is 0 Å². The van der Waals surface area contributed by atoms with Crippen LogP contribution >= 0.6 is 0 Å². The smallest absolute Gasteiger partial charge is 0.326 e. The maximum absolute atomic E-state index is 12.9. The molecule has 1 amide bonds. The number of Topliss-reactive ketones (excluding diaryl/α,β-unsaturated/α-hetero) is 1. The molecule has 1 N–H and O–H groups in total. The molecule has 1 aromatic rings. The van der Waals surface area contributed by atoms with Gasteiger partial charge in [0.2, 0.25) is 11.7 Å². The molecule has 5 nitrogen and oxygen atoms in total. The molecule has 0 saturated heterocycles. The SMILES string of the molecule is CCc1ccc(C(=O)C(C)OC(=O)CNC(=O)C23CC4CC(CC(C4)C2)C3)cc1. The van der Waals surface area contributed by atoms with Gasteiger partial charge in [-0.3, -0.25) is 14.4 Å². The lowest BCUT2D eigenvalue weighted by Crippen LogP contribution is -2.54. The summed E-state index contributed by atoms with van der Waals surface area (Å²) in [5.41, 5.74) is 1.40. The topological polar surface area (TPSA) is 72.5 Å². The number of hydrogen-bond donors (Lipinski definition) is 1. The van der Waals surface area contributed by atoms with Gasteiger partial charge in [0, 0.05) is 11.0 Å². The van der Waals surface area contributed by atoms with Crippen molar-refractivity contribution < 1.29 is 19.1 Å². The second-order valence-corrected chi connectivity index (χ2v) is 9.43. The van der Waals surface area contributed by atoms with E-state index < -0.39 is 12.1 Å². The maximum atomic E-state index is 12.9. The zero-order chi connectivity index (χ0) is 20.6. The first-order chi connectivity index (χ1) is 13.9. The van der Waals surface area contributed by atoms with Crippen LogP contribution in [0.2, 0.25) is 0 Å². The third kappa shape index (κ3) is 4.10. The lowest BCUT2D eigenvalue weighted by Gasteiger charge is -2.55. The maximum Gasteiger partial charge on any atom is 0.326 e. The Balaban J connectivity index is 1.28. The molecule has 4 aliphatic carbocycles. The first-order valence-corrected chi connectivity index (χ1v) is 11.0. The highest BCUT2D eigenvalue weighted by atomic mass is 16.5. The van der Waals surface area contributed by atoms with E-state index in [1.54, 1.807) is 19.1 Å². The van der Waals surface area contributed by atoms with Gasteiger partial charge < -0.3 is 10.1 Å². The Bertz CT molecular complexity index is 762. The number of aryl methyl sites for hydroxylation is 1. The number of benzene rings is 1. The van der Waals surface area contributed by atoms with Crippen molar-refractivity contribution in [2.24, 2.45) is 23.2 Å². The molecule has 156 valence electrons. The molecular formula is C24H31NO4. The number of carbonyl (C=O) groups excluding carboxylic acids is 3. The van der Waals surface area contributed by atoms with E-state index in [0.29, 0.717) is 23.3 Å². The quantitative estimate of drug-likeness (QED) is 0.562. The molecule has 29 heavy (non-hydrogen) atoms. The molecule has 4 fully saturated rings. The van der Waals surface area contributed by atoms with Crippen molar-refractivity contribution in [1.82, 2.24) is 5.32 Å². The minimum Gasteiger partial charge on any atom is -0.453 e. The zero-order valence-corrected chi connectivity index (χ0v) is 17.4. The predicted octanol–water partition coefficient (Wildman–Crippen LogP) is 3.70. The number of rotatable bonds is 7. The lowest BCUT2D eigenvalue weighted by atomic mass is 9.49. The van der Waals surface area contributed by atoms with Crippen LogP contribution in [0.4, 0.5) is 0 Å². The summed E-state index contributed by atoms with van der Waals surface area (Å²) in [5, 5.41) is 2.81. The average Bonchev–Trinajstić information content (AvgIpc) is 2.70. The zero-order valence-electron chi connectivity index (χ0n) is 17.4. The van der Waals surface area contributed by atoms with Crippen molar-refractivity contribution in [1.29, 1.82) is 0 Å². The van der Waals surface area contributed by atoms with Crippen LogP contribution in [0.15, 0.2) is 24.3 Å². The number of carbonyl (C=O) groups is 3. The van der Waals surface area contributed by atoms with Gasteiger partial charge in [-0.15, -0.1) is 0 Å². The van der Waals surface area contributed by atoms with Gasteiger partial charge in [0.05, 0.1) is 0 Å². The number of ketones is 1. The predicted molar refractivity (Wildman–Crippen MR) is 109 cm³/mol. The molecule has 4 bridgehead atoms. The molecule has 0 aliphatic heterocycles. The van der Waals surface area contributed by atoms with Gasteiger partial charge in [-0.25, -0.2) is 0 Å². The number of nitrogens with one attached hydrogen (secondary N) is 1. The van der Waals surface area contributed by atoms with Gasteiger partial charge >= 0.3 is 5.97 Å². The van der Waals surface area contributed by atoms with E-state index in [9.17, 15) is 14.4 Å². The molecule has 4 saturated carbocycles. The Morgan fingerprint density at radius 3 is 2.10 bits per heavy atom. The first-order valence-electron chi connectivity index (χ1n) is 11.0. The minimum atomic E-state index is -0.869. The van der Waals surface area contributed by atoms with Crippen LogP contribution in [0, 0.1) is 23.2 Å². The summed E-state index contributed by atoms with van der Waals surface area (Å²) >= 11 is 0. The van der Waals surface area contributed by atoms with Crippen LogP contribution in [-0.2, 0) is 20.7 Å². The summed E-state index contributed by atoms with van der Waals surface area (Å²) in [6.07, 6.45) is 6.73. The Hall–Kier alpha value is -2.17. The van der Waals surface area contributed by atoms with E-state index >= 15 is 0 Å². The largest absolute Gasteiger partial charge is 0.453 e. The van der Waals surface area contributed by atoms with Crippen LogP contribution in [-0.4, -0.2) is 30.3 Å².